The van der Waals surface area contributed by atoms with Gasteiger partial charge in [0.15, 0.2) is 5.82 Å². The van der Waals surface area contributed by atoms with Gasteiger partial charge in [-0.3, -0.25) is 5.10 Å². The smallest absolute Gasteiger partial charge is 0.275 e. The first kappa shape index (κ1) is 17.0. The zero-order valence-electron chi connectivity index (χ0n) is 15.5. The van der Waals surface area contributed by atoms with E-state index in [9.17, 15) is 0 Å². The Morgan fingerprint density at radius 2 is 2.15 bits per heavy atom. The standard InChI is InChI=1S/C19H26N6O/c1-3-8-25-10-6-14(7-11-25)12-18-20-19(26-23-18)16-13-15(21-22-16)17-5-4-9-24(17)2/h4-5,9,13-14H,3,6-8,10-12H2,1-2H3,(H,21,22). The molecule has 0 amide bonds. The molecule has 1 aliphatic rings. The second-order valence-electron chi connectivity index (χ2n) is 7.18. The molecule has 0 spiro atoms. The molecule has 0 unspecified atom stereocenters. The average molecular weight is 354 g/mol. The van der Waals surface area contributed by atoms with Gasteiger partial charge in [0.1, 0.15) is 11.4 Å². The summed E-state index contributed by atoms with van der Waals surface area (Å²) in [5, 5.41) is 11.6. The van der Waals surface area contributed by atoms with E-state index in [1.807, 2.05) is 36.0 Å². The Balaban J connectivity index is 1.39. The summed E-state index contributed by atoms with van der Waals surface area (Å²) in [5.74, 6) is 1.95. The van der Waals surface area contributed by atoms with Gasteiger partial charge in [0.05, 0.1) is 5.69 Å². The number of likely N-dealkylation sites (tertiary alicyclic amines) is 1. The molecule has 0 saturated carbocycles. The van der Waals surface area contributed by atoms with Gasteiger partial charge in [-0.15, -0.1) is 0 Å². The fourth-order valence-corrected chi connectivity index (χ4v) is 3.72. The molecule has 0 bridgehead atoms. The molecule has 0 radical (unpaired) electrons. The molecular formula is C19H26N6O. The Morgan fingerprint density at radius 1 is 1.31 bits per heavy atom. The zero-order chi connectivity index (χ0) is 17.9. The fraction of sp³-hybridized carbons (Fsp3) is 0.526. The van der Waals surface area contributed by atoms with Crippen LogP contribution in [0.1, 0.15) is 32.0 Å². The Bertz CT molecular complexity index is 840. The van der Waals surface area contributed by atoms with Crippen LogP contribution < -0.4 is 0 Å². The molecule has 1 N–H and O–H groups in total. The van der Waals surface area contributed by atoms with Crippen LogP contribution >= 0.6 is 0 Å². The van der Waals surface area contributed by atoms with Gasteiger partial charge < -0.3 is 14.0 Å². The molecule has 4 heterocycles. The summed E-state index contributed by atoms with van der Waals surface area (Å²) in [6.45, 7) is 5.82. The van der Waals surface area contributed by atoms with Gasteiger partial charge in [-0.2, -0.15) is 10.1 Å². The Labute approximate surface area is 153 Å². The molecule has 1 fully saturated rings. The van der Waals surface area contributed by atoms with Crippen LogP contribution in [0.25, 0.3) is 23.0 Å². The number of piperidine rings is 1. The Morgan fingerprint density at radius 3 is 2.88 bits per heavy atom. The first-order valence-electron chi connectivity index (χ1n) is 9.45. The van der Waals surface area contributed by atoms with Gasteiger partial charge in [-0.1, -0.05) is 12.1 Å². The second kappa shape index (κ2) is 7.45. The SMILES string of the molecule is CCCN1CCC(Cc2noc(-c3cc(-c4cccn4C)n[nH]3)n2)CC1. The molecule has 0 aliphatic carbocycles. The first-order chi connectivity index (χ1) is 12.7. The first-order valence-corrected chi connectivity index (χ1v) is 9.45. The number of hydrogen-bond acceptors (Lipinski definition) is 5. The van der Waals surface area contributed by atoms with Gasteiger partial charge in [0.25, 0.3) is 5.89 Å². The number of H-pyrrole nitrogens is 1. The summed E-state index contributed by atoms with van der Waals surface area (Å²) in [6, 6.07) is 5.99. The molecule has 3 aromatic heterocycles. The van der Waals surface area contributed by atoms with E-state index in [0.29, 0.717) is 11.8 Å². The lowest BCUT2D eigenvalue weighted by molar-refractivity contribution is 0.182. The van der Waals surface area contributed by atoms with Crippen molar-refractivity contribution in [2.45, 2.75) is 32.6 Å². The van der Waals surface area contributed by atoms with Crippen LogP contribution in [0.3, 0.4) is 0 Å². The van der Waals surface area contributed by atoms with Crippen LogP contribution in [0.15, 0.2) is 28.9 Å². The lowest BCUT2D eigenvalue weighted by Crippen LogP contribution is -2.34. The van der Waals surface area contributed by atoms with E-state index in [-0.39, 0.29) is 0 Å². The van der Waals surface area contributed by atoms with Crippen molar-refractivity contribution in [1.29, 1.82) is 0 Å². The van der Waals surface area contributed by atoms with Crippen molar-refractivity contribution >= 4 is 0 Å². The van der Waals surface area contributed by atoms with Crippen molar-refractivity contribution in [3.63, 3.8) is 0 Å². The van der Waals surface area contributed by atoms with Gasteiger partial charge >= 0.3 is 0 Å². The third-order valence-electron chi connectivity index (χ3n) is 5.20. The van der Waals surface area contributed by atoms with Crippen LogP contribution in [0.5, 0.6) is 0 Å². The zero-order valence-corrected chi connectivity index (χ0v) is 15.5. The second-order valence-corrected chi connectivity index (χ2v) is 7.18. The lowest BCUT2D eigenvalue weighted by atomic mass is 9.93. The molecule has 138 valence electrons. The summed E-state index contributed by atoms with van der Waals surface area (Å²) in [7, 11) is 2.00. The van der Waals surface area contributed by atoms with Gasteiger partial charge in [0.2, 0.25) is 0 Å². The topological polar surface area (TPSA) is 75.8 Å². The fourth-order valence-electron chi connectivity index (χ4n) is 3.72. The third kappa shape index (κ3) is 3.58. The maximum atomic E-state index is 5.46. The molecule has 0 atom stereocenters. The highest BCUT2D eigenvalue weighted by atomic mass is 16.5. The summed E-state index contributed by atoms with van der Waals surface area (Å²) in [4.78, 5) is 7.13. The summed E-state index contributed by atoms with van der Waals surface area (Å²) < 4.78 is 7.50. The number of aromatic nitrogens is 5. The lowest BCUT2D eigenvalue weighted by Gasteiger charge is -2.31. The number of rotatable bonds is 6. The molecular weight excluding hydrogens is 328 g/mol. The molecule has 1 saturated heterocycles. The largest absolute Gasteiger partial charge is 0.349 e. The van der Waals surface area contributed by atoms with Crippen LogP contribution in [0.2, 0.25) is 0 Å². The normalized spacial score (nSPS) is 16.4. The van der Waals surface area contributed by atoms with E-state index in [4.69, 9.17) is 4.52 Å². The van der Waals surface area contributed by atoms with Gasteiger partial charge in [-0.05, 0) is 63.0 Å². The predicted molar refractivity (Wildman–Crippen MR) is 99.4 cm³/mol. The average Bonchev–Trinajstić information content (AvgIpc) is 3.37. The van der Waals surface area contributed by atoms with E-state index >= 15 is 0 Å². The van der Waals surface area contributed by atoms with E-state index in [1.165, 1.54) is 38.9 Å². The van der Waals surface area contributed by atoms with E-state index in [0.717, 1.165) is 29.3 Å². The van der Waals surface area contributed by atoms with Crippen molar-refractivity contribution < 1.29 is 4.52 Å². The summed E-state index contributed by atoms with van der Waals surface area (Å²) in [6.07, 6.45) is 6.55. The van der Waals surface area contributed by atoms with Gasteiger partial charge in [0, 0.05) is 19.7 Å². The third-order valence-corrected chi connectivity index (χ3v) is 5.20. The summed E-state index contributed by atoms with van der Waals surface area (Å²) >= 11 is 0. The number of nitrogens with one attached hydrogen (secondary N) is 1. The Hall–Kier alpha value is -2.41. The maximum absolute atomic E-state index is 5.46. The maximum Gasteiger partial charge on any atom is 0.275 e. The highest BCUT2D eigenvalue weighted by molar-refractivity contribution is 5.61. The molecule has 7 nitrogen and oxygen atoms in total. The minimum atomic E-state index is 0.511. The quantitative estimate of drug-likeness (QED) is 0.736. The van der Waals surface area contributed by atoms with E-state index < -0.39 is 0 Å². The predicted octanol–water partition coefficient (Wildman–Crippen LogP) is 3.13. The number of aryl methyl sites for hydroxylation is 1. The minimum Gasteiger partial charge on any atom is -0.349 e. The van der Waals surface area contributed by atoms with Crippen LogP contribution in [-0.4, -0.2) is 49.4 Å². The molecule has 4 rings (SSSR count). The number of nitrogens with zero attached hydrogens (tertiary/aromatic N) is 5. The molecule has 1 aliphatic heterocycles. The van der Waals surface area contributed by atoms with Crippen LogP contribution in [0, 0.1) is 5.92 Å². The highest BCUT2D eigenvalue weighted by Gasteiger charge is 2.21. The van der Waals surface area contributed by atoms with Gasteiger partial charge in [-0.25, -0.2) is 0 Å². The van der Waals surface area contributed by atoms with Crippen LogP contribution in [0.4, 0.5) is 0 Å². The highest BCUT2D eigenvalue weighted by Crippen LogP contribution is 2.25. The monoisotopic (exact) mass is 354 g/mol. The number of hydrogen-bond donors (Lipinski definition) is 1. The summed E-state index contributed by atoms with van der Waals surface area (Å²) in [5.41, 5.74) is 2.68. The van der Waals surface area contributed by atoms with Crippen molar-refractivity contribution in [3.05, 3.63) is 30.2 Å². The van der Waals surface area contributed by atoms with E-state index in [2.05, 4.69) is 32.2 Å². The molecule has 0 aromatic carbocycles. The molecule has 3 aromatic rings. The molecule has 26 heavy (non-hydrogen) atoms. The number of aromatic amines is 1. The molecule has 7 heteroatoms. The van der Waals surface area contributed by atoms with Crippen LogP contribution in [-0.2, 0) is 13.5 Å². The van der Waals surface area contributed by atoms with Crippen molar-refractivity contribution in [3.8, 4) is 23.0 Å². The van der Waals surface area contributed by atoms with Crippen molar-refractivity contribution in [2.75, 3.05) is 19.6 Å². The van der Waals surface area contributed by atoms with Crippen molar-refractivity contribution in [2.24, 2.45) is 13.0 Å². The Kier molecular flexibility index (Phi) is 4.88. The minimum absolute atomic E-state index is 0.511. The van der Waals surface area contributed by atoms with Crippen molar-refractivity contribution in [1.82, 2.24) is 29.8 Å². The van der Waals surface area contributed by atoms with E-state index in [1.54, 1.807) is 0 Å².